The molecule has 140 valence electrons. The number of carboxylic acid groups (broad SMARTS) is 1. The van der Waals surface area contributed by atoms with Crippen LogP contribution in [0.4, 0.5) is 0 Å². The van der Waals surface area contributed by atoms with E-state index in [1.807, 2.05) is 30.3 Å². The summed E-state index contributed by atoms with van der Waals surface area (Å²) >= 11 is 0. The van der Waals surface area contributed by atoms with E-state index in [1.165, 1.54) is 38.5 Å². The van der Waals surface area contributed by atoms with Crippen LogP contribution in [0.1, 0.15) is 76.7 Å². The molecule has 4 nitrogen and oxygen atoms in total. The van der Waals surface area contributed by atoms with Gasteiger partial charge in [-0.05, 0) is 18.4 Å². The van der Waals surface area contributed by atoms with Gasteiger partial charge in [-0.1, -0.05) is 88.6 Å². The Balaban J connectivity index is 2.15. The average molecular weight is 346 g/mol. The first-order valence-electron chi connectivity index (χ1n) is 9.67. The number of carboxylic acids is 1. The van der Waals surface area contributed by atoms with Gasteiger partial charge < -0.3 is 15.2 Å². The summed E-state index contributed by atoms with van der Waals surface area (Å²) in [5, 5.41) is 13.8. The highest BCUT2D eigenvalue weighted by molar-refractivity contribution is 5.82. The first-order valence-corrected chi connectivity index (χ1v) is 9.67. The molecule has 1 aromatic rings. The summed E-state index contributed by atoms with van der Waals surface area (Å²) < 4.78 is 0. The number of aliphatic carboxylic acids is 1. The van der Waals surface area contributed by atoms with Crippen molar-refractivity contribution < 1.29 is 14.7 Å². The summed E-state index contributed by atoms with van der Waals surface area (Å²) in [5.41, 5.74) is 0.875. The fourth-order valence-corrected chi connectivity index (χ4v) is 2.91. The highest BCUT2D eigenvalue weighted by Crippen LogP contribution is 2.10. The van der Waals surface area contributed by atoms with Gasteiger partial charge in [0.2, 0.25) is 5.91 Å². The minimum Gasteiger partial charge on any atom is -0.548 e. The number of amides is 1. The average Bonchev–Trinajstić information content (AvgIpc) is 2.60. The number of carbonyl (C=O) groups excluding carboxylic acids is 2. The Hall–Kier alpha value is -1.84. The number of benzene rings is 1. The molecule has 1 N–H and O–H groups in total. The van der Waals surface area contributed by atoms with Gasteiger partial charge in [0.05, 0.1) is 12.0 Å². The Morgan fingerprint density at radius 2 is 1.48 bits per heavy atom. The summed E-state index contributed by atoms with van der Waals surface area (Å²) in [6.45, 7) is 2.22. The second-order valence-corrected chi connectivity index (χ2v) is 6.71. The molecule has 4 heteroatoms. The van der Waals surface area contributed by atoms with Gasteiger partial charge in [-0.15, -0.1) is 0 Å². The molecule has 1 atom stereocenters. The van der Waals surface area contributed by atoms with Crippen LogP contribution in [-0.2, 0) is 16.0 Å². The minimum absolute atomic E-state index is 0.201. The topological polar surface area (TPSA) is 69.2 Å². The van der Waals surface area contributed by atoms with Crippen LogP contribution in [0.5, 0.6) is 0 Å². The van der Waals surface area contributed by atoms with E-state index < -0.39 is 12.0 Å². The van der Waals surface area contributed by atoms with E-state index in [0.717, 1.165) is 24.8 Å². The van der Waals surface area contributed by atoms with Crippen molar-refractivity contribution in [2.24, 2.45) is 0 Å². The molecule has 0 spiro atoms. The third kappa shape index (κ3) is 10.6. The second kappa shape index (κ2) is 13.5. The monoisotopic (exact) mass is 346 g/mol. The lowest BCUT2D eigenvalue weighted by Crippen LogP contribution is -2.49. The molecule has 25 heavy (non-hydrogen) atoms. The van der Waals surface area contributed by atoms with Crippen molar-refractivity contribution in [1.29, 1.82) is 0 Å². The van der Waals surface area contributed by atoms with Crippen LogP contribution in [-0.4, -0.2) is 17.9 Å². The lowest BCUT2D eigenvalue weighted by atomic mass is 10.0. The molecular weight excluding hydrogens is 314 g/mol. The number of nitrogens with one attached hydrogen (secondary N) is 1. The van der Waals surface area contributed by atoms with Gasteiger partial charge in [-0.3, -0.25) is 4.79 Å². The van der Waals surface area contributed by atoms with E-state index in [9.17, 15) is 14.7 Å². The molecule has 1 unspecified atom stereocenters. The third-order valence-corrected chi connectivity index (χ3v) is 4.41. The zero-order valence-corrected chi connectivity index (χ0v) is 15.5. The number of hydrogen-bond donors (Lipinski definition) is 1. The number of hydrogen-bond acceptors (Lipinski definition) is 3. The molecular formula is C21H32NO3-. The largest absolute Gasteiger partial charge is 0.548 e. The van der Waals surface area contributed by atoms with E-state index in [0.29, 0.717) is 6.42 Å². The molecule has 0 aromatic heterocycles. The second-order valence-electron chi connectivity index (χ2n) is 6.71. The van der Waals surface area contributed by atoms with Gasteiger partial charge in [-0.2, -0.15) is 0 Å². The smallest absolute Gasteiger partial charge is 0.220 e. The van der Waals surface area contributed by atoms with Gasteiger partial charge in [0.1, 0.15) is 0 Å². The van der Waals surface area contributed by atoms with Gasteiger partial charge in [-0.25, -0.2) is 0 Å². The molecule has 0 heterocycles. The Bertz CT molecular complexity index is 487. The first kappa shape index (κ1) is 21.2. The maximum absolute atomic E-state index is 12.0. The van der Waals surface area contributed by atoms with Crippen LogP contribution in [0.2, 0.25) is 0 Å². The highest BCUT2D eigenvalue weighted by Gasteiger charge is 2.13. The van der Waals surface area contributed by atoms with E-state index in [-0.39, 0.29) is 12.3 Å². The van der Waals surface area contributed by atoms with Gasteiger partial charge in [0.25, 0.3) is 0 Å². The lowest BCUT2D eigenvalue weighted by Gasteiger charge is -2.20. The molecule has 0 aliphatic rings. The van der Waals surface area contributed by atoms with E-state index in [2.05, 4.69) is 12.2 Å². The Morgan fingerprint density at radius 3 is 2.04 bits per heavy atom. The minimum atomic E-state index is -1.23. The molecule has 0 saturated carbocycles. The summed E-state index contributed by atoms with van der Waals surface area (Å²) in [6.07, 6.45) is 11.3. The van der Waals surface area contributed by atoms with Crippen molar-refractivity contribution >= 4 is 11.9 Å². The van der Waals surface area contributed by atoms with Crippen LogP contribution >= 0.6 is 0 Å². The fourth-order valence-electron chi connectivity index (χ4n) is 2.91. The normalized spacial score (nSPS) is 11.9. The SMILES string of the molecule is CCCCCCCCCCCC(=O)NC(Cc1ccccc1)C(=O)[O-]. The molecule has 1 rings (SSSR count). The summed E-state index contributed by atoms with van der Waals surface area (Å²) in [5.74, 6) is -1.43. The molecule has 0 fully saturated rings. The van der Waals surface area contributed by atoms with E-state index >= 15 is 0 Å². The number of unbranched alkanes of at least 4 members (excludes halogenated alkanes) is 8. The zero-order chi connectivity index (χ0) is 18.3. The third-order valence-electron chi connectivity index (χ3n) is 4.41. The number of carbonyl (C=O) groups is 2. The zero-order valence-electron chi connectivity index (χ0n) is 15.5. The molecule has 0 bridgehead atoms. The van der Waals surface area contributed by atoms with Crippen molar-refractivity contribution in [3.63, 3.8) is 0 Å². The summed E-state index contributed by atoms with van der Waals surface area (Å²) in [6, 6.07) is 8.32. The molecule has 1 aromatic carbocycles. The molecule has 0 saturated heterocycles. The van der Waals surface area contributed by atoms with Crippen molar-refractivity contribution in [1.82, 2.24) is 5.32 Å². The quantitative estimate of drug-likeness (QED) is 0.525. The summed E-state index contributed by atoms with van der Waals surface area (Å²) in [4.78, 5) is 23.2. The van der Waals surface area contributed by atoms with Gasteiger partial charge >= 0.3 is 0 Å². The lowest BCUT2D eigenvalue weighted by molar-refractivity contribution is -0.308. The standard InChI is InChI=1S/C21H33NO3/c1-2-3-4-5-6-7-8-9-13-16-20(23)22-19(21(24)25)17-18-14-11-10-12-15-18/h10-12,14-15,19H,2-9,13,16-17H2,1H3,(H,22,23)(H,24,25)/p-1. The fraction of sp³-hybridized carbons (Fsp3) is 0.619. The molecule has 0 aliphatic carbocycles. The van der Waals surface area contributed by atoms with Crippen LogP contribution in [0.25, 0.3) is 0 Å². The van der Waals surface area contributed by atoms with Crippen LogP contribution in [0, 0.1) is 0 Å². The van der Waals surface area contributed by atoms with Crippen molar-refractivity contribution in [2.45, 2.75) is 83.6 Å². The van der Waals surface area contributed by atoms with Gasteiger partial charge in [0.15, 0.2) is 0 Å². The molecule has 0 radical (unpaired) electrons. The molecule has 1 amide bonds. The Kier molecular flexibility index (Phi) is 11.4. The van der Waals surface area contributed by atoms with Crippen LogP contribution < -0.4 is 10.4 Å². The number of rotatable bonds is 14. The van der Waals surface area contributed by atoms with Crippen LogP contribution in [0.15, 0.2) is 30.3 Å². The van der Waals surface area contributed by atoms with Crippen LogP contribution in [0.3, 0.4) is 0 Å². The molecule has 0 aliphatic heterocycles. The van der Waals surface area contributed by atoms with Crippen molar-refractivity contribution in [3.05, 3.63) is 35.9 Å². The summed E-state index contributed by atoms with van der Waals surface area (Å²) in [7, 11) is 0. The maximum Gasteiger partial charge on any atom is 0.220 e. The van der Waals surface area contributed by atoms with E-state index in [1.54, 1.807) is 0 Å². The highest BCUT2D eigenvalue weighted by atomic mass is 16.4. The predicted molar refractivity (Wildman–Crippen MR) is 98.9 cm³/mol. The van der Waals surface area contributed by atoms with Crippen molar-refractivity contribution in [2.75, 3.05) is 0 Å². The van der Waals surface area contributed by atoms with Gasteiger partial charge in [0, 0.05) is 6.42 Å². The predicted octanol–water partition coefficient (Wildman–Crippen LogP) is 3.38. The first-order chi connectivity index (χ1) is 12.1. The van der Waals surface area contributed by atoms with Crippen molar-refractivity contribution in [3.8, 4) is 0 Å². The Morgan fingerprint density at radius 1 is 0.920 bits per heavy atom. The maximum atomic E-state index is 12.0. The Labute approximate surface area is 152 Å². The van der Waals surface area contributed by atoms with E-state index in [4.69, 9.17) is 0 Å².